The van der Waals surface area contributed by atoms with Crippen LogP contribution in [0.15, 0.2) is 0 Å². The van der Waals surface area contributed by atoms with Gasteiger partial charge in [-0.2, -0.15) is 0 Å². The molecular formula is C17H35N3. The summed E-state index contributed by atoms with van der Waals surface area (Å²) in [6.07, 6.45) is 7.00. The highest BCUT2D eigenvalue weighted by molar-refractivity contribution is 4.77. The number of nitrogens with zero attached hydrogens (tertiary/aromatic N) is 2. The maximum absolute atomic E-state index is 3.58. The van der Waals surface area contributed by atoms with E-state index in [-0.39, 0.29) is 0 Å². The Kier molecular flexibility index (Phi) is 7.32. The lowest BCUT2D eigenvalue weighted by Crippen LogP contribution is -2.41. The minimum Gasteiger partial charge on any atom is -0.315 e. The van der Waals surface area contributed by atoms with Crippen LogP contribution in [0, 0.1) is 11.8 Å². The molecule has 0 spiro atoms. The summed E-state index contributed by atoms with van der Waals surface area (Å²) in [7, 11) is 0. The lowest BCUT2D eigenvalue weighted by Gasteiger charge is -2.33. The Balaban J connectivity index is 1.48. The molecule has 0 saturated carbocycles. The van der Waals surface area contributed by atoms with E-state index in [0.29, 0.717) is 0 Å². The summed E-state index contributed by atoms with van der Waals surface area (Å²) in [5.74, 6) is 1.79. The van der Waals surface area contributed by atoms with E-state index in [9.17, 15) is 0 Å². The molecule has 0 radical (unpaired) electrons. The molecule has 2 saturated heterocycles. The van der Waals surface area contributed by atoms with Crippen molar-refractivity contribution in [1.82, 2.24) is 15.1 Å². The van der Waals surface area contributed by atoms with Gasteiger partial charge >= 0.3 is 0 Å². The number of hydrogen-bond donors (Lipinski definition) is 1. The molecule has 0 aliphatic carbocycles. The first-order valence-electron chi connectivity index (χ1n) is 8.89. The lowest BCUT2D eigenvalue weighted by atomic mass is 9.96. The zero-order valence-electron chi connectivity index (χ0n) is 13.7. The van der Waals surface area contributed by atoms with Crippen molar-refractivity contribution < 1.29 is 0 Å². The van der Waals surface area contributed by atoms with Crippen molar-refractivity contribution in [3.05, 3.63) is 0 Å². The van der Waals surface area contributed by atoms with Gasteiger partial charge in [0.15, 0.2) is 0 Å². The molecule has 0 amide bonds. The molecule has 20 heavy (non-hydrogen) atoms. The summed E-state index contributed by atoms with van der Waals surface area (Å²) >= 11 is 0. The lowest BCUT2D eigenvalue weighted by molar-refractivity contribution is 0.154. The molecule has 0 unspecified atom stereocenters. The molecule has 3 nitrogen and oxygen atoms in total. The molecule has 2 aliphatic rings. The van der Waals surface area contributed by atoms with E-state index in [1.807, 2.05) is 0 Å². The van der Waals surface area contributed by atoms with Gasteiger partial charge < -0.3 is 15.1 Å². The predicted molar refractivity (Wildman–Crippen MR) is 87.2 cm³/mol. The minimum atomic E-state index is 0.823. The number of nitrogens with one attached hydrogen (secondary N) is 1. The van der Waals surface area contributed by atoms with Gasteiger partial charge in [-0.15, -0.1) is 0 Å². The van der Waals surface area contributed by atoms with Gasteiger partial charge in [0.2, 0.25) is 0 Å². The zero-order chi connectivity index (χ0) is 14.2. The summed E-state index contributed by atoms with van der Waals surface area (Å²) < 4.78 is 0. The molecule has 0 atom stereocenters. The third-order valence-electron chi connectivity index (χ3n) is 4.93. The molecule has 2 rings (SSSR count). The molecule has 0 aromatic carbocycles. The van der Waals surface area contributed by atoms with Gasteiger partial charge in [0.25, 0.3) is 0 Å². The van der Waals surface area contributed by atoms with E-state index in [4.69, 9.17) is 0 Å². The Morgan fingerprint density at radius 3 is 2.30 bits per heavy atom. The highest BCUT2D eigenvalue weighted by Crippen LogP contribution is 2.20. The third kappa shape index (κ3) is 6.11. The first kappa shape index (κ1) is 16.3. The molecular weight excluding hydrogens is 246 g/mol. The van der Waals surface area contributed by atoms with Crippen LogP contribution in [0.2, 0.25) is 0 Å². The normalized spacial score (nSPS) is 22.9. The highest BCUT2D eigenvalue weighted by atomic mass is 15.2. The van der Waals surface area contributed by atoms with Crippen LogP contribution in [0.5, 0.6) is 0 Å². The summed E-state index contributed by atoms with van der Waals surface area (Å²) in [5.41, 5.74) is 0. The van der Waals surface area contributed by atoms with Gasteiger partial charge in [0.1, 0.15) is 0 Å². The van der Waals surface area contributed by atoms with E-state index >= 15 is 0 Å². The molecule has 1 N–H and O–H groups in total. The van der Waals surface area contributed by atoms with E-state index in [1.165, 1.54) is 84.5 Å². The Morgan fingerprint density at radius 2 is 1.65 bits per heavy atom. The van der Waals surface area contributed by atoms with Gasteiger partial charge in [0.05, 0.1) is 0 Å². The maximum Gasteiger partial charge on any atom is 0.0107 e. The van der Waals surface area contributed by atoms with Crippen molar-refractivity contribution in [2.75, 3.05) is 52.4 Å². The van der Waals surface area contributed by atoms with Crippen LogP contribution in [0.4, 0.5) is 0 Å². The molecule has 2 heterocycles. The van der Waals surface area contributed by atoms with Crippen LogP contribution in [-0.4, -0.2) is 62.2 Å². The summed E-state index contributed by atoms with van der Waals surface area (Å²) in [4.78, 5) is 5.34. The number of hydrogen-bond acceptors (Lipinski definition) is 3. The first-order valence-corrected chi connectivity index (χ1v) is 8.89. The molecule has 118 valence electrons. The van der Waals surface area contributed by atoms with E-state index in [2.05, 4.69) is 29.0 Å². The van der Waals surface area contributed by atoms with Crippen molar-refractivity contribution in [3.63, 3.8) is 0 Å². The van der Waals surface area contributed by atoms with E-state index < -0.39 is 0 Å². The number of rotatable bonds is 8. The highest BCUT2D eigenvalue weighted by Gasteiger charge is 2.22. The maximum atomic E-state index is 3.58. The van der Waals surface area contributed by atoms with Crippen molar-refractivity contribution in [1.29, 1.82) is 0 Å². The first-order chi connectivity index (χ1) is 9.74. The second-order valence-electron chi connectivity index (χ2n) is 7.23. The number of likely N-dealkylation sites (tertiary alicyclic amines) is 2. The smallest absolute Gasteiger partial charge is 0.0107 e. The largest absolute Gasteiger partial charge is 0.315 e. The van der Waals surface area contributed by atoms with Gasteiger partial charge in [-0.3, -0.25) is 0 Å². The fourth-order valence-electron chi connectivity index (χ4n) is 3.48. The standard InChI is InChI=1S/C17H35N3/c1-16(2)5-8-18-9-14-19-12-6-17(7-13-19)15-20-10-3-4-11-20/h16-18H,3-15H2,1-2H3. The molecule has 0 aromatic heterocycles. The molecule has 0 bridgehead atoms. The van der Waals surface area contributed by atoms with Gasteiger partial charge in [-0.05, 0) is 76.7 Å². The Hall–Kier alpha value is -0.120. The van der Waals surface area contributed by atoms with Crippen LogP contribution in [0.25, 0.3) is 0 Å². The predicted octanol–water partition coefficient (Wildman–Crippen LogP) is 2.43. The Bertz CT molecular complexity index is 241. The average Bonchev–Trinajstić information content (AvgIpc) is 2.93. The second-order valence-corrected chi connectivity index (χ2v) is 7.23. The third-order valence-corrected chi connectivity index (χ3v) is 4.93. The molecule has 2 aliphatic heterocycles. The fraction of sp³-hybridized carbons (Fsp3) is 1.00. The Morgan fingerprint density at radius 1 is 0.950 bits per heavy atom. The van der Waals surface area contributed by atoms with Crippen molar-refractivity contribution in [3.8, 4) is 0 Å². The SMILES string of the molecule is CC(C)CCNCCN1CCC(CN2CCCC2)CC1. The monoisotopic (exact) mass is 281 g/mol. The number of piperidine rings is 1. The van der Waals surface area contributed by atoms with E-state index in [0.717, 1.165) is 11.8 Å². The minimum absolute atomic E-state index is 0.823. The topological polar surface area (TPSA) is 18.5 Å². The van der Waals surface area contributed by atoms with E-state index in [1.54, 1.807) is 0 Å². The summed E-state index contributed by atoms with van der Waals surface area (Å²) in [5, 5.41) is 3.58. The van der Waals surface area contributed by atoms with Crippen molar-refractivity contribution in [2.24, 2.45) is 11.8 Å². The van der Waals surface area contributed by atoms with Crippen molar-refractivity contribution in [2.45, 2.75) is 46.0 Å². The van der Waals surface area contributed by atoms with Gasteiger partial charge in [-0.1, -0.05) is 13.8 Å². The summed E-state index contributed by atoms with van der Waals surface area (Å²) in [6, 6.07) is 0. The summed E-state index contributed by atoms with van der Waals surface area (Å²) in [6.45, 7) is 14.9. The second kappa shape index (κ2) is 9.01. The molecule has 0 aromatic rings. The average molecular weight is 281 g/mol. The van der Waals surface area contributed by atoms with Gasteiger partial charge in [0, 0.05) is 19.6 Å². The van der Waals surface area contributed by atoms with Crippen molar-refractivity contribution >= 4 is 0 Å². The van der Waals surface area contributed by atoms with Crippen LogP contribution < -0.4 is 5.32 Å². The zero-order valence-corrected chi connectivity index (χ0v) is 13.7. The van der Waals surface area contributed by atoms with Gasteiger partial charge in [-0.25, -0.2) is 0 Å². The van der Waals surface area contributed by atoms with Crippen LogP contribution in [0.3, 0.4) is 0 Å². The quantitative estimate of drug-likeness (QED) is 0.689. The van der Waals surface area contributed by atoms with Crippen LogP contribution in [0.1, 0.15) is 46.0 Å². The molecule has 3 heteroatoms. The van der Waals surface area contributed by atoms with Crippen LogP contribution >= 0.6 is 0 Å². The molecule has 2 fully saturated rings. The Labute approximate surface area is 126 Å². The van der Waals surface area contributed by atoms with Crippen LogP contribution in [-0.2, 0) is 0 Å². The fourth-order valence-corrected chi connectivity index (χ4v) is 3.48.